The fraction of sp³-hybridized carbons (Fsp3) is 0.133. The van der Waals surface area contributed by atoms with Gasteiger partial charge in [-0.15, -0.1) is 0 Å². The number of aromatic nitrogens is 2. The summed E-state index contributed by atoms with van der Waals surface area (Å²) in [4.78, 5) is 19.2. The first-order valence-electron chi connectivity index (χ1n) is 6.22. The SMILES string of the molecule is Cc1ccnc(C)c1-c1ccc2nc(NC=O)sc2c1. The van der Waals surface area contributed by atoms with E-state index in [0.29, 0.717) is 11.5 Å². The largest absolute Gasteiger partial charge is 0.305 e. The van der Waals surface area contributed by atoms with E-state index in [2.05, 4.69) is 28.3 Å². The summed E-state index contributed by atoms with van der Waals surface area (Å²) in [7, 11) is 0. The van der Waals surface area contributed by atoms with Gasteiger partial charge in [0.05, 0.1) is 10.2 Å². The van der Waals surface area contributed by atoms with Crippen molar-refractivity contribution in [2.45, 2.75) is 13.8 Å². The molecule has 0 spiro atoms. The average Bonchev–Trinajstić information content (AvgIpc) is 2.80. The summed E-state index contributed by atoms with van der Waals surface area (Å²) in [6.07, 6.45) is 2.47. The van der Waals surface area contributed by atoms with Crippen molar-refractivity contribution in [3.05, 3.63) is 41.7 Å². The molecule has 4 nitrogen and oxygen atoms in total. The van der Waals surface area contributed by atoms with Crippen LogP contribution >= 0.6 is 11.3 Å². The number of benzene rings is 1. The number of carbonyl (C=O) groups is 1. The zero-order chi connectivity index (χ0) is 14.1. The molecule has 1 amide bonds. The van der Waals surface area contributed by atoms with Crippen molar-refractivity contribution in [1.82, 2.24) is 9.97 Å². The maximum atomic E-state index is 10.5. The maximum Gasteiger partial charge on any atom is 0.213 e. The van der Waals surface area contributed by atoms with Crippen LogP contribution in [0.4, 0.5) is 5.13 Å². The van der Waals surface area contributed by atoms with Gasteiger partial charge in [0, 0.05) is 17.5 Å². The van der Waals surface area contributed by atoms with Gasteiger partial charge in [0.2, 0.25) is 6.41 Å². The van der Waals surface area contributed by atoms with E-state index >= 15 is 0 Å². The Kier molecular flexibility index (Phi) is 3.20. The predicted octanol–water partition coefficient (Wildman–Crippen LogP) is 3.54. The van der Waals surface area contributed by atoms with Gasteiger partial charge in [0.1, 0.15) is 0 Å². The van der Waals surface area contributed by atoms with Crippen LogP contribution in [0.5, 0.6) is 0 Å². The standard InChI is InChI=1S/C15H13N3OS/c1-9-5-6-16-10(2)14(9)11-3-4-12-13(7-11)20-15(18-12)17-8-19/h3-8H,1-2H3,(H,17,18,19). The second-order valence-electron chi connectivity index (χ2n) is 4.55. The van der Waals surface area contributed by atoms with Crippen molar-refractivity contribution >= 4 is 33.1 Å². The molecule has 3 aromatic rings. The van der Waals surface area contributed by atoms with Gasteiger partial charge >= 0.3 is 0 Å². The lowest BCUT2D eigenvalue weighted by Gasteiger charge is -2.08. The summed E-state index contributed by atoms with van der Waals surface area (Å²) in [6.45, 7) is 4.10. The van der Waals surface area contributed by atoms with E-state index in [9.17, 15) is 4.79 Å². The van der Waals surface area contributed by atoms with Crippen molar-refractivity contribution in [3.8, 4) is 11.1 Å². The summed E-state index contributed by atoms with van der Waals surface area (Å²) < 4.78 is 1.05. The second kappa shape index (κ2) is 5.02. The highest BCUT2D eigenvalue weighted by molar-refractivity contribution is 7.22. The maximum absolute atomic E-state index is 10.5. The molecule has 0 saturated carbocycles. The highest BCUT2D eigenvalue weighted by Crippen LogP contribution is 2.32. The predicted molar refractivity (Wildman–Crippen MR) is 82.0 cm³/mol. The number of aryl methyl sites for hydroxylation is 2. The number of nitrogens with one attached hydrogen (secondary N) is 1. The van der Waals surface area contributed by atoms with Crippen LogP contribution in [-0.2, 0) is 4.79 Å². The molecule has 1 aromatic carbocycles. The third-order valence-electron chi connectivity index (χ3n) is 3.21. The Balaban J connectivity index is 2.15. The van der Waals surface area contributed by atoms with Crippen LogP contribution in [0.25, 0.3) is 21.3 Å². The molecule has 0 aliphatic heterocycles. The fourth-order valence-electron chi connectivity index (χ4n) is 2.32. The third kappa shape index (κ3) is 2.16. The number of rotatable bonds is 3. The topological polar surface area (TPSA) is 54.9 Å². The van der Waals surface area contributed by atoms with E-state index in [4.69, 9.17) is 0 Å². The highest BCUT2D eigenvalue weighted by atomic mass is 32.1. The number of fused-ring (bicyclic) bond motifs is 1. The minimum Gasteiger partial charge on any atom is -0.305 e. The molecule has 2 aromatic heterocycles. The van der Waals surface area contributed by atoms with E-state index in [1.807, 2.05) is 31.3 Å². The van der Waals surface area contributed by atoms with Crippen LogP contribution in [0.3, 0.4) is 0 Å². The highest BCUT2D eigenvalue weighted by Gasteiger charge is 2.09. The number of hydrogen-bond acceptors (Lipinski definition) is 4. The number of pyridine rings is 1. The molecule has 0 fully saturated rings. The molecule has 0 atom stereocenters. The third-order valence-corrected chi connectivity index (χ3v) is 4.16. The molecule has 100 valence electrons. The monoisotopic (exact) mass is 283 g/mol. The number of thiazole rings is 1. The first kappa shape index (κ1) is 12.7. The van der Waals surface area contributed by atoms with Gasteiger partial charge in [0.25, 0.3) is 0 Å². The summed E-state index contributed by atoms with van der Waals surface area (Å²) in [5, 5.41) is 3.21. The summed E-state index contributed by atoms with van der Waals surface area (Å²) >= 11 is 1.47. The molecule has 0 saturated heterocycles. The summed E-state index contributed by atoms with van der Waals surface area (Å²) in [6, 6.07) is 8.13. The Hall–Kier alpha value is -2.27. The molecule has 0 unspecified atom stereocenters. The normalized spacial score (nSPS) is 10.7. The van der Waals surface area contributed by atoms with Crippen molar-refractivity contribution < 1.29 is 4.79 Å². The van der Waals surface area contributed by atoms with Gasteiger partial charge in [-0.05, 0) is 43.2 Å². The van der Waals surface area contributed by atoms with E-state index in [-0.39, 0.29) is 0 Å². The van der Waals surface area contributed by atoms with Gasteiger partial charge in [-0.25, -0.2) is 4.98 Å². The quantitative estimate of drug-likeness (QED) is 0.748. The molecular formula is C15H13N3OS. The molecule has 3 rings (SSSR count). The van der Waals surface area contributed by atoms with Crippen molar-refractivity contribution in [1.29, 1.82) is 0 Å². The van der Waals surface area contributed by atoms with Crippen molar-refractivity contribution in [3.63, 3.8) is 0 Å². The Bertz CT molecular complexity index is 775. The zero-order valence-electron chi connectivity index (χ0n) is 11.2. The number of anilines is 1. The number of nitrogens with zero attached hydrogens (tertiary/aromatic N) is 2. The number of amides is 1. The minimum absolute atomic E-state index is 0.617. The Labute approximate surface area is 120 Å². The fourth-order valence-corrected chi connectivity index (χ4v) is 3.19. The van der Waals surface area contributed by atoms with Gasteiger partial charge in [-0.2, -0.15) is 0 Å². The lowest BCUT2D eigenvalue weighted by Crippen LogP contribution is -1.91. The van der Waals surface area contributed by atoms with E-state index in [1.165, 1.54) is 16.9 Å². The van der Waals surface area contributed by atoms with E-state index < -0.39 is 0 Å². The molecule has 0 radical (unpaired) electrons. The van der Waals surface area contributed by atoms with Crippen LogP contribution in [0.15, 0.2) is 30.5 Å². The van der Waals surface area contributed by atoms with Crippen LogP contribution in [-0.4, -0.2) is 16.4 Å². The average molecular weight is 283 g/mol. The summed E-state index contributed by atoms with van der Waals surface area (Å²) in [5.74, 6) is 0. The Morgan fingerprint density at radius 1 is 1.25 bits per heavy atom. The molecule has 1 N–H and O–H groups in total. The van der Waals surface area contributed by atoms with Crippen molar-refractivity contribution in [2.24, 2.45) is 0 Å². The lowest BCUT2D eigenvalue weighted by atomic mass is 10.00. The van der Waals surface area contributed by atoms with Crippen LogP contribution in [0.2, 0.25) is 0 Å². The molecule has 0 aliphatic rings. The van der Waals surface area contributed by atoms with Crippen LogP contribution in [0.1, 0.15) is 11.3 Å². The second-order valence-corrected chi connectivity index (χ2v) is 5.58. The van der Waals surface area contributed by atoms with Gasteiger partial charge in [-0.1, -0.05) is 17.4 Å². The van der Waals surface area contributed by atoms with Gasteiger partial charge in [-0.3, -0.25) is 9.78 Å². The van der Waals surface area contributed by atoms with Crippen molar-refractivity contribution in [2.75, 3.05) is 5.32 Å². The van der Waals surface area contributed by atoms with Crippen LogP contribution in [0, 0.1) is 13.8 Å². The van der Waals surface area contributed by atoms with E-state index in [1.54, 1.807) is 0 Å². The molecular weight excluding hydrogens is 270 g/mol. The first-order valence-corrected chi connectivity index (χ1v) is 7.04. The van der Waals surface area contributed by atoms with Gasteiger partial charge in [0.15, 0.2) is 5.13 Å². The Morgan fingerprint density at radius 3 is 2.85 bits per heavy atom. The molecule has 5 heteroatoms. The molecule has 0 bridgehead atoms. The number of hydrogen-bond donors (Lipinski definition) is 1. The van der Waals surface area contributed by atoms with E-state index in [0.717, 1.165) is 27.0 Å². The first-order chi connectivity index (χ1) is 9.69. The smallest absolute Gasteiger partial charge is 0.213 e. The minimum atomic E-state index is 0.617. The summed E-state index contributed by atoms with van der Waals surface area (Å²) in [5.41, 5.74) is 5.39. The zero-order valence-corrected chi connectivity index (χ0v) is 12.0. The number of carbonyl (C=O) groups excluding carboxylic acids is 1. The molecule has 0 aliphatic carbocycles. The lowest BCUT2D eigenvalue weighted by molar-refractivity contribution is -0.105. The molecule has 2 heterocycles. The Morgan fingerprint density at radius 2 is 2.10 bits per heavy atom. The van der Waals surface area contributed by atoms with Gasteiger partial charge < -0.3 is 5.32 Å². The molecule has 20 heavy (non-hydrogen) atoms. The van der Waals surface area contributed by atoms with Crippen LogP contribution < -0.4 is 5.32 Å².